The number of benzene rings is 1. The standard InChI is InChI=1S/C19H18F2N4O/c1-25-11-23-16-13(6-9-22-17(16)25)18(26)24-19(7-2-3-8-19)14-5-4-12(20)10-15(14)21/h4-6,9-11H,2-3,7-8H2,1H3,(H,24,26). The zero-order valence-corrected chi connectivity index (χ0v) is 14.3. The molecule has 0 saturated heterocycles. The van der Waals surface area contributed by atoms with Crippen LogP contribution in [0.15, 0.2) is 36.8 Å². The molecule has 1 saturated carbocycles. The van der Waals surface area contributed by atoms with E-state index in [1.54, 1.807) is 30.2 Å². The zero-order valence-electron chi connectivity index (χ0n) is 14.3. The number of imidazole rings is 1. The third-order valence-corrected chi connectivity index (χ3v) is 5.10. The fourth-order valence-electron chi connectivity index (χ4n) is 3.81. The Labute approximate surface area is 149 Å². The lowest BCUT2D eigenvalue weighted by Gasteiger charge is -2.31. The van der Waals surface area contributed by atoms with Crippen molar-refractivity contribution in [1.29, 1.82) is 0 Å². The van der Waals surface area contributed by atoms with Crippen molar-refractivity contribution in [3.8, 4) is 0 Å². The molecule has 0 aliphatic heterocycles. The van der Waals surface area contributed by atoms with Crippen molar-refractivity contribution >= 4 is 17.1 Å². The molecule has 26 heavy (non-hydrogen) atoms. The van der Waals surface area contributed by atoms with E-state index < -0.39 is 17.2 Å². The molecule has 4 rings (SSSR count). The molecular formula is C19H18F2N4O. The molecule has 1 amide bonds. The number of pyridine rings is 1. The molecular weight excluding hydrogens is 338 g/mol. The van der Waals surface area contributed by atoms with E-state index in [4.69, 9.17) is 0 Å². The van der Waals surface area contributed by atoms with Gasteiger partial charge in [-0.15, -0.1) is 0 Å². The number of aryl methyl sites for hydroxylation is 1. The van der Waals surface area contributed by atoms with Gasteiger partial charge in [-0.3, -0.25) is 4.79 Å². The zero-order chi connectivity index (χ0) is 18.3. The molecule has 1 aromatic carbocycles. The number of rotatable bonds is 3. The van der Waals surface area contributed by atoms with Crippen LogP contribution in [0.3, 0.4) is 0 Å². The van der Waals surface area contributed by atoms with Crippen LogP contribution in [0.2, 0.25) is 0 Å². The van der Waals surface area contributed by atoms with Crippen molar-refractivity contribution in [2.45, 2.75) is 31.2 Å². The Morgan fingerprint density at radius 2 is 1.96 bits per heavy atom. The SMILES string of the molecule is Cn1cnc2c(C(=O)NC3(c4ccc(F)cc4F)CCCC3)ccnc21. The van der Waals surface area contributed by atoms with Gasteiger partial charge in [0.15, 0.2) is 5.65 Å². The minimum atomic E-state index is -0.834. The predicted octanol–water partition coefficient (Wildman–Crippen LogP) is 3.45. The number of halogens is 2. The first-order valence-electron chi connectivity index (χ1n) is 8.54. The Kier molecular flexibility index (Phi) is 3.94. The highest BCUT2D eigenvalue weighted by Gasteiger charge is 2.39. The van der Waals surface area contributed by atoms with Crippen molar-refractivity contribution in [2.24, 2.45) is 7.05 Å². The Bertz CT molecular complexity index is 992. The molecule has 0 spiro atoms. The second-order valence-corrected chi connectivity index (χ2v) is 6.75. The van der Waals surface area contributed by atoms with Gasteiger partial charge in [-0.2, -0.15) is 0 Å². The lowest BCUT2D eigenvalue weighted by atomic mass is 9.87. The van der Waals surface area contributed by atoms with Crippen LogP contribution in [0.1, 0.15) is 41.6 Å². The predicted molar refractivity (Wildman–Crippen MR) is 92.5 cm³/mol. The molecule has 134 valence electrons. The summed E-state index contributed by atoms with van der Waals surface area (Å²) in [6.07, 6.45) is 6.10. The number of hydrogen-bond acceptors (Lipinski definition) is 3. The van der Waals surface area contributed by atoms with E-state index in [-0.39, 0.29) is 5.91 Å². The Hall–Kier alpha value is -2.83. The van der Waals surface area contributed by atoms with Gasteiger partial charge in [0.2, 0.25) is 0 Å². The summed E-state index contributed by atoms with van der Waals surface area (Å²) in [6.45, 7) is 0. The highest BCUT2D eigenvalue weighted by molar-refractivity contribution is 6.04. The number of hydrogen-bond donors (Lipinski definition) is 1. The number of fused-ring (bicyclic) bond motifs is 1. The van der Waals surface area contributed by atoms with Gasteiger partial charge in [-0.1, -0.05) is 18.9 Å². The molecule has 0 atom stereocenters. The van der Waals surface area contributed by atoms with Crippen LogP contribution in [0.5, 0.6) is 0 Å². The maximum Gasteiger partial charge on any atom is 0.254 e. The van der Waals surface area contributed by atoms with Crippen LogP contribution in [0.4, 0.5) is 8.78 Å². The van der Waals surface area contributed by atoms with E-state index in [9.17, 15) is 13.6 Å². The molecule has 2 aromatic heterocycles. The van der Waals surface area contributed by atoms with E-state index in [2.05, 4.69) is 15.3 Å². The van der Waals surface area contributed by atoms with Gasteiger partial charge >= 0.3 is 0 Å². The van der Waals surface area contributed by atoms with E-state index in [1.807, 2.05) is 0 Å². The van der Waals surface area contributed by atoms with E-state index in [1.165, 1.54) is 12.1 Å². The molecule has 2 heterocycles. The van der Waals surface area contributed by atoms with E-state index >= 15 is 0 Å². The fraction of sp³-hybridized carbons (Fsp3) is 0.316. The topological polar surface area (TPSA) is 59.8 Å². The van der Waals surface area contributed by atoms with Crippen LogP contribution in [0, 0.1) is 11.6 Å². The average Bonchev–Trinajstić information content (AvgIpc) is 3.22. The summed E-state index contributed by atoms with van der Waals surface area (Å²) < 4.78 is 29.5. The van der Waals surface area contributed by atoms with Crippen LogP contribution >= 0.6 is 0 Å². The smallest absolute Gasteiger partial charge is 0.254 e. The third-order valence-electron chi connectivity index (χ3n) is 5.10. The van der Waals surface area contributed by atoms with Gasteiger partial charge in [0, 0.05) is 24.9 Å². The van der Waals surface area contributed by atoms with E-state index in [0.29, 0.717) is 35.1 Å². The number of nitrogens with zero attached hydrogens (tertiary/aromatic N) is 3. The summed E-state index contributed by atoms with van der Waals surface area (Å²) in [5.41, 5.74) is 0.992. The van der Waals surface area contributed by atoms with Crippen molar-refractivity contribution in [3.05, 3.63) is 59.6 Å². The van der Waals surface area contributed by atoms with Gasteiger partial charge in [-0.05, 0) is 25.0 Å². The van der Waals surface area contributed by atoms with Crippen LogP contribution in [-0.4, -0.2) is 20.4 Å². The van der Waals surface area contributed by atoms with Crippen molar-refractivity contribution in [3.63, 3.8) is 0 Å². The monoisotopic (exact) mass is 356 g/mol. The molecule has 5 nitrogen and oxygen atoms in total. The molecule has 0 radical (unpaired) electrons. The first-order chi connectivity index (χ1) is 12.5. The molecule has 7 heteroatoms. The van der Waals surface area contributed by atoms with Crippen molar-refractivity contribution < 1.29 is 13.6 Å². The first-order valence-corrected chi connectivity index (χ1v) is 8.54. The Morgan fingerprint density at radius 1 is 1.19 bits per heavy atom. The maximum atomic E-state index is 14.4. The van der Waals surface area contributed by atoms with Gasteiger partial charge in [0.05, 0.1) is 17.4 Å². The summed E-state index contributed by atoms with van der Waals surface area (Å²) >= 11 is 0. The minimum Gasteiger partial charge on any atom is -0.342 e. The van der Waals surface area contributed by atoms with Gasteiger partial charge in [0.25, 0.3) is 5.91 Å². The normalized spacial score (nSPS) is 16.1. The molecule has 1 fully saturated rings. The summed E-state index contributed by atoms with van der Waals surface area (Å²) in [6, 6.07) is 5.13. The van der Waals surface area contributed by atoms with Crippen molar-refractivity contribution in [2.75, 3.05) is 0 Å². The quantitative estimate of drug-likeness (QED) is 0.782. The Balaban J connectivity index is 1.74. The summed E-state index contributed by atoms with van der Waals surface area (Å²) in [5, 5.41) is 3.01. The molecule has 1 N–H and O–H groups in total. The highest BCUT2D eigenvalue weighted by atomic mass is 19.1. The minimum absolute atomic E-state index is 0.330. The van der Waals surface area contributed by atoms with Crippen molar-refractivity contribution in [1.82, 2.24) is 19.9 Å². The average molecular weight is 356 g/mol. The molecule has 0 unspecified atom stereocenters. The number of nitrogens with one attached hydrogen (secondary N) is 1. The molecule has 0 bridgehead atoms. The second kappa shape index (κ2) is 6.16. The lowest BCUT2D eigenvalue weighted by molar-refractivity contribution is 0.0898. The largest absolute Gasteiger partial charge is 0.342 e. The third kappa shape index (κ3) is 2.64. The van der Waals surface area contributed by atoms with Crippen LogP contribution in [-0.2, 0) is 12.6 Å². The number of aromatic nitrogens is 3. The van der Waals surface area contributed by atoms with Gasteiger partial charge in [0.1, 0.15) is 17.2 Å². The first kappa shape index (κ1) is 16.6. The number of amides is 1. The molecule has 1 aliphatic carbocycles. The summed E-state index contributed by atoms with van der Waals surface area (Å²) in [5.74, 6) is -1.60. The van der Waals surface area contributed by atoms with E-state index in [0.717, 1.165) is 18.9 Å². The lowest BCUT2D eigenvalue weighted by Crippen LogP contribution is -2.44. The highest BCUT2D eigenvalue weighted by Crippen LogP contribution is 2.40. The number of carbonyl (C=O) groups is 1. The number of carbonyl (C=O) groups excluding carboxylic acids is 1. The summed E-state index contributed by atoms with van der Waals surface area (Å²) in [4.78, 5) is 21.5. The van der Waals surface area contributed by atoms with Crippen LogP contribution < -0.4 is 5.32 Å². The second-order valence-electron chi connectivity index (χ2n) is 6.75. The fourth-order valence-corrected chi connectivity index (χ4v) is 3.81. The van der Waals surface area contributed by atoms with Gasteiger partial charge in [-0.25, -0.2) is 18.7 Å². The molecule has 1 aliphatic rings. The summed E-state index contributed by atoms with van der Waals surface area (Å²) in [7, 11) is 1.80. The van der Waals surface area contributed by atoms with Gasteiger partial charge < -0.3 is 9.88 Å². The molecule has 3 aromatic rings. The maximum absolute atomic E-state index is 14.4. The van der Waals surface area contributed by atoms with Crippen LogP contribution in [0.25, 0.3) is 11.2 Å². The Morgan fingerprint density at radius 3 is 2.69 bits per heavy atom.